The first-order valence-corrected chi connectivity index (χ1v) is 14.0. The van der Waals surface area contributed by atoms with Crippen LogP contribution in [-0.2, 0) is 4.79 Å². The lowest BCUT2D eigenvalue weighted by molar-refractivity contribution is -0.245. The summed E-state index contributed by atoms with van der Waals surface area (Å²) in [5.74, 6) is 0.901. The molecule has 34 heavy (non-hydrogen) atoms. The fraction of sp³-hybridized carbons (Fsp3) is 0.900. The molecule has 5 aliphatic rings. The van der Waals surface area contributed by atoms with E-state index in [0.717, 1.165) is 25.7 Å². The van der Waals surface area contributed by atoms with Gasteiger partial charge in [0.05, 0.1) is 17.6 Å². The first kappa shape index (κ1) is 24.8. The molecule has 0 bridgehead atoms. The minimum absolute atomic E-state index is 0.0231. The van der Waals surface area contributed by atoms with Crippen LogP contribution in [0.2, 0.25) is 0 Å². The Bertz CT molecular complexity index is 907. The van der Waals surface area contributed by atoms with Gasteiger partial charge in [0.25, 0.3) is 0 Å². The smallest absolute Gasteiger partial charge is 0.314 e. The predicted molar refractivity (Wildman–Crippen MR) is 134 cm³/mol. The van der Waals surface area contributed by atoms with Gasteiger partial charge in [0.15, 0.2) is 0 Å². The van der Waals surface area contributed by atoms with E-state index in [0.29, 0.717) is 30.6 Å². The molecule has 4 fully saturated rings. The van der Waals surface area contributed by atoms with Gasteiger partial charge in [-0.25, -0.2) is 0 Å². The average molecular weight is 473 g/mol. The van der Waals surface area contributed by atoms with E-state index in [2.05, 4.69) is 54.5 Å². The minimum Gasteiger partial charge on any atom is -0.481 e. The van der Waals surface area contributed by atoms with Gasteiger partial charge in [-0.3, -0.25) is 4.79 Å². The van der Waals surface area contributed by atoms with E-state index in [4.69, 9.17) is 0 Å². The summed E-state index contributed by atoms with van der Waals surface area (Å²) in [6.45, 7) is 15.9. The summed E-state index contributed by atoms with van der Waals surface area (Å²) >= 11 is 0. The standard InChI is InChI=1S/C30H48O4/c1-17-10-12-27(5)14-15-30(25(33)34)19(23(27)18(17)2)8-9-21-28(6)13-11-22(32)26(3,4)24(28)20(31)16-29(21,30)7/h8,17-18,20-24,31-32H,9-16H2,1-7H3,(H,33,34)/t17-,18+,20-,21?,22+,23?,24?,27-,28-,29-,30-/m1/s1. The van der Waals surface area contributed by atoms with Gasteiger partial charge in [-0.2, -0.15) is 0 Å². The molecule has 5 rings (SSSR count). The Morgan fingerprint density at radius 1 is 0.971 bits per heavy atom. The molecule has 0 amide bonds. The van der Waals surface area contributed by atoms with E-state index in [1.54, 1.807) is 0 Å². The van der Waals surface area contributed by atoms with E-state index in [1.807, 2.05) is 0 Å². The van der Waals surface area contributed by atoms with Crippen molar-refractivity contribution in [2.75, 3.05) is 0 Å². The monoisotopic (exact) mass is 472 g/mol. The number of allylic oxidation sites excluding steroid dienone is 1. The van der Waals surface area contributed by atoms with E-state index in [-0.39, 0.29) is 28.1 Å². The minimum atomic E-state index is -0.902. The number of carbonyl (C=O) groups is 1. The normalized spacial score (nSPS) is 56.3. The van der Waals surface area contributed by atoms with Gasteiger partial charge in [-0.15, -0.1) is 0 Å². The van der Waals surface area contributed by atoms with Crippen LogP contribution in [0.15, 0.2) is 11.6 Å². The Kier molecular flexibility index (Phi) is 5.36. The van der Waals surface area contributed by atoms with E-state index < -0.39 is 29.0 Å². The summed E-state index contributed by atoms with van der Waals surface area (Å²) in [6.07, 6.45) is 8.44. The fourth-order valence-corrected chi connectivity index (χ4v) is 11.2. The van der Waals surface area contributed by atoms with Crippen molar-refractivity contribution >= 4 is 5.97 Å². The molecule has 5 aliphatic carbocycles. The number of carboxylic acid groups (broad SMARTS) is 1. The van der Waals surface area contributed by atoms with Crippen LogP contribution in [0.4, 0.5) is 0 Å². The lowest BCUT2D eigenvalue weighted by Crippen LogP contribution is -2.70. The van der Waals surface area contributed by atoms with Gasteiger partial charge < -0.3 is 15.3 Å². The molecule has 4 heteroatoms. The van der Waals surface area contributed by atoms with Crippen LogP contribution in [0, 0.1) is 56.7 Å². The van der Waals surface area contributed by atoms with E-state index in [1.165, 1.54) is 18.4 Å². The third kappa shape index (κ3) is 2.76. The summed E-state index contributed by atoms with van der Waals surface area (Å²) in [6, 6.07) is 0. The molecule has 3 unspecified atom stereocenters. The zero-order valence-corrected chi connectivity index (χ0v) is 22.5. The molecule has 3 N–H and O–H groups in total. The van der Waals surface area contributed by atoms with Crippen molar-refractivity contribution < 1.29 is 20.1 Å². The Hall–Kier alpha value is -0.870. The first-order valence-electron chi connectivity index (χ1n) is 14.0. The predicted octanol–water partition coefficient (Wildman–Crippen LogP) is 6.06. The number of rotatable bonds is 1. The van der Waals surface area contributed by atoms with Gasteiger partial charge in [0, 0.05) is 0 Å². The number of carboxylic acids is 1. The van der Waals surface area contributed by atoms with Crippen LogP contribution >= 0.6 is 0 Å². The number of aliphatic carboxylic acids is 1. The highest BCUT2D eigenvalue weighted by Gasteiger charge is 2.73. The maximum Gasteiger partial charge on any atom is 0.314 e. The molecular formula is C30H48O4. The van der Waals surface area contributed by atoms with Gasteiger partial charge >= 0.3 is 5.97 Å². The molecule has 0 heterocycles. The largest absolute Gasteiger partial charge is 0.481 e. The van der Waals surface area contributed by atoms with Crippen molar-refractivity contribution in [2.45, 2.75) is 112 Å². The highest BCUT2D eigenvalue weighted by molar-refractivity contribution is 5.81. The Labute approximate surface area is 206 Å². The highest BCUT2D eigenvalue weighted by atomic mass is 16.4. The molecule has 0 aliphatic heterocycles. The number of aliphatic hydroxyl groups excluding tert-OH is 2. The lowest BCUT2D eigenvalue weighted by Gasteiger charge is -2.71. The molecule has 4 nitrogen and oxygen atoms in total. The molecule has 0 radical (unpaired) electrons. The van der Waals surface area contributed by atoms with Crippen molar-refractivity contribution in [3.05, 3.63) is 11.6 Å². The van der Waals surface area contributed by atoms with Crippen molar-refractivity contribution in [3.63, 3.8) is 0 Å². The van der Waals surface area contributed by atoms with Crippen LogP contribution in [0.1, 0.15) is 99.8 Å². The second kappa shape index (κ2) is 7.34. The fourth-order valence-electron chi connectivity index (χ4n) is 11.2. The average Bonchev–Trinajstić information content (AvgIpc) is 2.72. The quantitative estimate of drug-likeness (QED) is 0.405. The second-order valence-electron chi connectivity index (χ2n) is 14.7. The van der Waals surface area contributed by atoms with Gasteiger partial charge in [0.1, 0.15) is 0 Å². The van der Waals surface area contributed by atoms with Crippen LogP contribution in [0.3, 0.4) is 0 Å². The second-order valence-corrected chi connectivity index (χ2v) is 14.7. The van der Waals surface area contributed by atoms with Crippen molar-refractivity contribution in [1.82, 2.24) is 0 Å². The molecular weight excluding hydrogens is 424 g/mol. The van der Waals surface area contributed by atoms with E-state index >= 15 is 0 Å². The molecule has 11 atom stereocenters. The Morgan fingerprint density at radius 2 is 1.65 bits per heavy atom. The van der Waals surface area contributed by atoms with Gasteiger partial charge in [-0.1, -0.05) is 60.1 Å². The van der Waals surface area contributed by atoms with Crippen molar-refractivity contribution in [3.8, 4) is 0 Å². The van der Waals surface area contributed by atoms with Crippen LogP contribution in [-0.4, -0.2) is 33.5 Å². The molecule has 0 spiro atoms. The summed E-state index contributed by atoms with van der Waals surface area (Å²) in [7, 11) is 0. The first-order chi connectivity index (χ1) is 15.7. The number of hydrogen-bond acceptors (Lipinski definition) is 3. The molecule has 4 saturated carbocycles. The molecule has 0 aromatic rings. The topological polar surface area (TPSA) is 77.8 Å². The van der Waals surface area contributed by atoms with Crippen LogP contribution < -0.4 is 0 Å². The molecule has 0 aromatic carbocycles. The van der Waals surface area contributed by atoms with Gasteiger partial charge in [0.2, 0.25) is 0 Å². The number of aliphatic hydroxyl groups is 2. The lowest BCUT2D eigenvalue weighted by atomic mass is 9.32. The number of fused-ring (bicyclic) bond motifs is 7. The van der Waals surface area contributed by atoms with Crippen LogP contribution in [0.25, 0.3) is 0 Å². The summed E-state index contributed by atoms with van der Waals surface area (Å²) in [5, 5.41) is 33.8. The number of hydrogen-bond donors (Lipinski definition) is 3. The third-order valence-corrected chi connectivity index (χ3v) is 13.1. The molecule has 0 aromatic heterocycles. The SMILES string of the molecule is C[C@@H]1CC[C@]2(C)CC[C@]3(C(=O)O)C(=CCC4[C@@]5(C)CC[C@H](O)C(C)(C)C5[C@H](O)C[C@]43C)C2[C@H]1C. The summed E-state index contributed by atoms with van der Waals surface area (Å²) in [5.41, 5.74) is -0.584. The van der Waals surface area contributed by atoms with Crippen molar-refractivity contribution in [2.24, 2.45) is 56.7 Å². The zero-order chi connectivity index (χ0) is 25.1. The Balaban J connectivity index is 1.69. The summed E-state index contributed by atoms with van der Waals surface area (Å²) in [4.78, 5) is 13.5. The van der Waals surface area contributed by atoms with E-state index in [9.17, 15) is 20.1 Å². The third-order valence-electron chi connectivity index (χ3n) is 13.1. The highest BCUT2D eigenvalue weighted by Crippen LogP contribution is 2.75. The molecule has 0 saturated heterocycles. The maximum atomic E-state index is 13.5. The molecule has 192 valence electrons. The van der Waals surface area contributed by atoms with Crippen LogP contribution in [0.5, 0.6) is 0 Å². The zero-order valence-electron chi connectivity index (χ0n) is 22.5. The van der Waals surface area contributed by atoms with Gasteiger partial charge in [-0.05, 0) is 103 Å². The Morgan fingerprint density at radius 3 is 2.29 bits per heavy atom. The summed E-state index contributed by atoms with van der Waals surface area (Å²) < 4.78 is 0. The maximum absolute atomic E-state index is 13.5. The van der Waals surface area contributed by atoms with Crippen molar-refractivity contribution in [1.29, 1.82) is 0 Å².